The molecule has 9 N–H and O–H groups in total. The molecule has 4 rings (SSSR count). The molecule has 1 fully saturated rings. The number of primary amides is 1. The quantitative estimate of drug-likeness (QED) is 0.0315. The van der Waals surface area contributed by atoms with E-state index in [9.17, 15) is 51.6 Å². The Morgan fingerprint density at radius 2 is 1.39 bits per heavy atom. The van der Waals surface area contributed by atoms with Crippen molar-refractivity contribution >= 4 is 63.3 Å². The lowest BCUT2D eigenvalue weighted by Crippen LogP contribution is -2.61. The lowest BCUT2D eigenvalue weighted by atomic mass is 9.76. The lowest BCUT2D eigenvalue weighted by Gasteiger charge is -2.40. The number of hydrogen-bond donors (Lipinski definition) is 8. The molecule has 22 heteroatoms. The number of likely N-dealkylation sites (N-methyl/N-ethyl adjacent to an activating group) is 2. The Hall–Kier alpha value is -6.94. The second kappa shape index (κ2) is 28.5. The van der Waals surface area contributed by atoms with Gasteiger partial charge in [0.05, 0.1) is 23.4 Å². The molecule has 1 heterocycles. The van der Waals surface area contributed by atoms with Gasteiger partial charge in [-0.25, -0.2) is 17.9 Å². The van der Waals surface area contributed by atoms with Gasteiger partial charge in [0.2, 0.25) is 39.6 Å². The molecule has 0 spiro atoms. The number of benzene rings is 2. The fourth-order valence-corrected chi connectivity index (χ4v) is 10.9. The predicted octanol–water partition coefficient (Wildman–Crippen LogP) is 3.82. The van der Waals surface area contributed by atoms with Gasteiger partial charge >= 0.3 is 6.03 Å². The van der Waals surface area contributed by atoms with Gasteiger partial charge in [-0.2, -0.15) is 0 Å². The molecule has 1 aliphatic heterocycles. The van der Waals surface area contributed by atoms with Crippen molar-refractivity contribution in [3.63, 3.8) is 0 Å². The van der Waals surface area contributed by atoms with Gasteiger partial charge in [0, 0.05) is 49.7 Å². The third-order valence-corrected chi connectivity index (χ3v) is 15.9. The maximum Gasteiger partial charge on any atom is 0.312 e. The smallest absolute Gasteiger partial charge is 0.312 e. The Labute approximate surface area is 472 Å². The summed E-state index contributed by atoms with van der Waals surface area (Å²) < 4.78 is 29.2. The number of carbonyl (C=O) groups is 9. The van der Waals surface area contributed by atoms with Crippen molar-refractivity contribution in [3.05, 3.63) is 95.1 Å². The van der Waals surface area contributed by atoms with E-state index in [1.54, 1.807) is 58.3 Å². The molecule has 1 saturated carbocycles. The van der Waals surface area contributed by atoms with E-state index in [-0.39, 0.29) is 73.4 Å². The van der Waals surface area contributed by atoms with Crippen molar-refractivity contribution in [2.24, 2.45) is 23.0 Å². The summed E-state index contributed by atoms with van der Waals surface area (Å²) in [5.74, 6) is -4.99. The minimum Gasteiger partial charge on any atom is -0.352 e. The number of nitrogens with one attached hydrogen (secondary N) is 7. The van der Waals surface area contributed by atoms with E-state index >= 15 is 0 Å². The molecule has 10 amide bonds. The number of nitrogens with two attached hydrogens (primary N) is 1. The molecule has 0 unspecified atom stereocenters. The normalized spacial score (nSPS) is 16.3. The summed E-state index contributed by atoms with van der Waals surface area (Å²) in [6.45, 7) is 18.6. The van der Waals surface area contributed by atoms with Crippen LogP contribution in [-0.4, -0.2) is 129 Å². The van der Waals surface area contributed by atoms with Crippen LogP contribution in [0, 0.1) is 17.3 Å². The zero-order chi connectivity index (χ0) is 59.9. The number of hydrogen-bond acceptors (Lipinski definition) is 12. The number of sulfonamides is 1. The van der Waals surface area contributed by atoms with Crippen LogP contribution in [-0.2, 0) is 65.1 Å². The molecule has 440 valence electrons. The summed E-state index contributed by atoms with van der Waals surface area (Å²) in [7, 11) is -0.964. The summed E-state index contributed by atoms with van der Waals surface area (Å²) in [6, 6.07) is 11.0. The van der Waals surface area contributed by atoms with E-state index in [4.69, 9.17) is 5.73 Å². The Balaban J connectivity index is 1.39. The monoisotopic (exact) mass is 1130 g/mol. The molecule has 2 aromatic carbocycles. The summed E-state index contributed by atoms with van der Waals surface area (Å²) in [6.07, 6.45) is 7.07. The molecule has 5 atom stereocenters. The largest absolute Gasteiger partial charge is 0.352 e. The number of unbranched alkanes of at least 4 members (excludes halogenated alkanes) is 2. The first-order valence-electron chi connectivity index (χ1n) is 27.4. The van der Waals surface area contributed by atoms with Crippen molar-refractivity contribution in [2.75, 3.05) is 27.2 Å². The predicted molar refractivity (Wildman–Crippen MR) is 305 cm³/mol. The van der Waals surface area contributed by atoms with Gasteiger partial charge in [-0.05, 0) is 86.4 Å². The Morgan fingerprint density at radius 1 is 0.775 bits per heavy atom. The van der Waals surface area contributed by atoms with Gasteiger partial charge in [0.15, 0.2) is 0 Å². The topological polar surface area (TPSA) is 304 Å². The highest BCUT2D eigenvalue weighted by Gasteiger charge is 2.47. The van der Waals surface area contributed by atoms with Gasteiger partial charge in [0.25, 0.3) is 17.7 Å². The van der Waals surface area contributed by atoms with Crippen LogP contribution in [0.4, 0.5) is 4.79 Å². The summed E-state index contributed by atoms with van der Waals surface area (Å²) in [4.78, 5) is 120. The summed E-state index contributed by atoms with van der Waals surface area (Å²) in [5, 5.41) is 17.3. The van der Waals surface area contributed by atoms with Crippen molar-refractivity contribution in [1.82, 2.24) is 46.4 Å². The van der Waals surface area contributed by atoms with Crippen LogP contribution in [0.5, 0.6) is 0 Å². The second-order valence-electron chi connectivity index (χ2n) is 23.4. The molecule has 0 bridgehead atoms. The van der Waals surface area contributed by atoms with Crippen LogP contribution in [0.25, 0.3) is 0 Å². The van der Waals surface area contributed by atoms with Gasteiger partial charge in [-0.1, -0.05) is 129 Å². The average molecular weight is 1130 g/mol. The maximum atomic E-state index is 14.4. The number of carbonyl (C=O) groups excluding carboxylic acids is 9. The molecule has 2 aliphatic rings. The first kappa shape index (κ1) is 65.6. The minimum absolute atomic E-state index is 0.0581. The van der Waals surface area contributed by atoms with Crippen molar-refractivity contribution in [1.29, 1.82) is 0 Å². The van der Waals surface area contributed by atoms with Crippen LogP contribution in [0.1, 0.15) is 137 Å². The van der Waals surface area contributed by atoms with Crippen LogP contribution in [0.15, 0.2) is 78.4 Å². The number of rotatable bonds is 30. The van der Waals surface area contributed by atoms with Crippen LogP contribution in [0.3, 0.4) is 0 Å². The highest BCUT2D eigenvalue weighted by atomic mass is 32.2. The van der Waals surface area contributed by atoms with Crippen molar-refractivity contribution < 1.29 is 51.6 Å². The third-order valence-electron chi connectivity index (χ3n) is 14.7. The van der Waals surface area contributed by atoms with Gasteiger partial charge in [-0.15, -0.1) is 0 Å². The SMILES string of the molecule is CN[C@H](C(=O)N[C@H](C(=O)N(C)[C@H](/C=C(\C)C(=O)NS(=O)(=O)Cc1ccc(C2(NC(=O)[C@H](CCCNC(N)=O)NC(=O)[C@@H](NC(=O)CCCCCN3C(=O)C=CC3=O)C(C)C)CC2)cc1)C(C)C)C(C)(C)C)C(C)(C)c1ccccc1. The first-order valence-corrected chi connectivity index (χ1v) is 29.1. The first-order chi connectivity index (χ1) is 37.3. The van der Waals surface area contributed by atoms with Gasteiger partial charge < -0.3 is 42.5 Å². The molecular weight excluding hydrogens is 1040 g/mol. The minimum atomic E-state index is -4.25. The van der Waals surface area contributed by atoms with Gasteiger partial charge in [0.1, 0.15) is 18.1 Å². The Morgan fingerprint density at radius 3 is 1.93 bits per heavy atom. The molecule has 21 nitrogen and oxygen atoms in total. The lowest BCUT2D eigenvalue weighted by molar-refractivity contribution is -0.141. The average Bonchev–Trinajstić information content (AvgIpc) is 4.09. The summed E-state index contributed by atoms with van der Waals surface area (Å²) in [5.41, 5.74) is 5.08. The third kappa shape index (κ3) is 18.6. The second-order valence-corrected chi connectivity index (χ2v) is 25.1. The maximum absolute atomic E-state index is 14.4. The molecule has 1 aliphatic carbocycles. The van der Waals surface area contributed by atoms with E-state index in [1.165, 1.54) is 24.0 Å². The molecule has 0 aromatic heterocycles. The molecular formula is C58H86N10O11S. The highest BCUT2D eigenvalue weighted by molar-refractivity contribution is 7.89. The van der Waals surface area contributed by atoms with Crippen molar-refractivity contribution in [2.45, 2.75) is 168 Å². The van der Waals surface area contributed by atoms with E-state index < -0.39 is 92.0 Å². The standard InChI is InChI=1S/C58H86N10O11S/c1-36(2)43(67(12)54(76)49(56(6,7)8)64-53(75)48(60-11)57(9,10)40-20-15-13-16-21-40)34-38(5)50(72)66-80(78,79)35-39-24-26-41(27-25-39)58(30-31-58)65-51(73)42(22-19-32-61-55(59)77)62-52(74)47(37(3)4)63-44(69)23-17-14-18-33-68-45(70)28-29-46(68)71/h13,15-16,20-21,24-29,34,36-37,42-43,47-49,60H,14,17-19,22-23,30-33,35H2,1-12H3,(H,62,74)(H,63,69)(H,64,75)(H,65,73)(H,66,72)(H3,59,61,77)/b38-34+/t42-,43+,47-,48+,49+/m0/s1. The van der Waals surface area contributed by atoms with Gasteiger partial charge in [-0.3, -0.25) is 43.3 Å². The fraction of sp³-hybridized carbons (Fsp3) is 0.569. The molecule has 2 aromatic rings. The van der Waals surface area contributed by atoms with Crippen LogP contribution >= 0.6 is 0 Å². The number of imide groups is 1. The molecule has 0 saturated heterocycles. The van der Waals surface area contributed by atoms with Crippen molar-refractivity contribution in [3.8, 4) is 0 Å². The van der Waals surface area contributed by atoms with E-state index in [2.05, 4.69) is 36.6 Å². The van der Waals surface area contributed by atoms with Crippen LogP contribution in [0.2, 0.25) is 0 Å². The summed E-state index contributed by atoms with van der Waals surface area (Å²) >= 11 is 0. The number of nitrogens with zero attached hydrogens (tertiary/aromatic N) is 2. The molecule has 0 radical (unpaired) electrons. The van der Waals surface area contributed by atoms with E-state index in [1.807, 2.05) is 78.8 Å². The zero-order valence-electron chi connectivity index (χ0n) is 48.6. The number of urea groups is 1. The Bertz CT molecular complexity index is 2710. The fourth-order valence-electron chi connectivity index (χ4n) is 9.71. The van der Waals surface area contributed by atoms with E-state index in [0.717, 1.165) is 10.5 Å². The number of amides is 10. The highest BCUT2D eigenvalue weighted by Crippen LogP contribution is 2.45. The Kier molecular flexibility index (Phi) is 23.3. The van der Waals surface area contributed by atoms with Crippen LogP contribution < -0.4 is 42.4 Å². The zero-order valence-corrected chi connectivity index (χ0v) is 49.4. The van der Waals surface area contributed by atoms with E-state index in [0.29, 0.717) is 43.2 Å². The molecule has 80 heavy (non-hydrogen) atoms.